The van der Waals surface area contributed by atoms with E-state index in [-0.39, 0.29) is 18.4 Å². The van der Waals surface area contributed by atoms with Gasteiger partial charge in [-0.3, -0.25) is 4.98 Å². The van der Waals surface area contributed by atoms with E-state index in [1.54, 1.807) is 12.4 Å². The Morgan fingerprint density at radius 2 is 2.39 bits per heavy atom. The summed E-state index contributed by atoms with van der Waals surface area (Å²) in [5, 5.41) is 16.5. The predicted molar refractivity (Wildman–Crippen MR) is 63.7 cm³/mol. The largest absolute Gasteiger partial charge is 0.396 e. The average Bonchev–Trinajstić information content (AvgIpc) is 3.08. The van der Waals surface area contributed by atoms with Gasteiger partial charge in [0, 0.05) is 43.6 Å². The van der Waals surface area contributed by atoms with E-state index in [0.717, 1.165) is 18.7 Å². The van der Waals surface area contributed by atoms with Crippen molar-refractivity contribution in [2.24, 2.45) is 5.92 Å². The van der Waals surface area contributed by atoms with Gasteiger partial charge in [-0.15, -0.1) is 0 Å². The van der Waals surface area contributed by atoms with Crippen LogP contribution in [0, 0.1) is 5.92 Å². The smallest absolute Gasteiger partial charge is 0.231 e. The highest BCUT2D eigenvalue weighted by molar-refractivity contribution is 5.51. The molecule has 0 saturated carbocycles. The maximum absolute atomic E-state index is 9.28. The highest BCUT2D eigenvalue weighted by Crippen LogP contribution is 2.27. The van der Waals surface area contributed by atoms with Crippen LogP contribution < -0.4 is 5.32 Å². The lowest BCUT2D eigenvalue weighted by atomic mass is 9.97. The molecule has 1 aliphatic rings. The molecule has 2 atom stereocenters. The second-order valence-electron chi connectivity index (χ2n) is 4.41. The van der Waals surface area contributed by atoms with Gasteiger partial charge < -0.3 is 14.9 Å². The average molecular weight is 246 g/mol. The van der Waals surface area contributed by atoms with Gasteiger partial charge in [0.15, 0.2) is 0 Å². The normalized spacial score (nSPS) is 23.4. The third-order valence-corrected chi connectivity index (χ3v) is 3.25. The van der Waals surface area contributed by atoms with Crippen molar-refractivity contribution in [1.29, 1.82) is 0 Å². The van der Waals surface area contributed by atoms with Crippen LogP contribution in [0.2, 0.25) is 0 Å². The van der Waals surface area contributed by atoms with E-state index in [1.165, 1.54) is 0 Å². The van der Waals surface area contributed by atoms with Gasteiger partial charge in [0.25, 0.3) is 0 Å². The van der Waals surface area contributed by atoms with Crippen molar-refractivity contribution < 1.29 is 9.63 Å². The summed E-state index contributed by atoms with van der Waals surface area (Å²) in [7, 11) is 0. The molecule has 0 aliphatic carbocycles. The lowest BCUT2D eigenvalue weighted by Gasteiger charge is -2.10. The molecular formula is C12H14N4O2. The fourth-order valence-corrected chi connectivity index (χ4v) is 2.21. The molecule has 2 N–H and O–H groups in total. The van der Waals surface area contributed by atoms with Crippen LogP contribution in [0.1, 0.15) is 11.8 Å². The van der Waals surface area contributed by atoms with E-state index in [0.29, 0.717) is 11.7 Å². The Bertz CT molecular complexity index is 514. The number of pyridine rings is 1. The molecular weight excluding hydrogens is 232 g/mol. The van der Waals surface area contributed by atoms with Gasteiger partial charge >= 0.3 is 0 Å². The van der Waals surface area contributed by atoms with Crippen molar-refractivity contribution >= 4 is 0 Å². The summed E-state index contributed by atoms with van der Waals surface area (Å²) in [6.45, 7) is 1.67. The lowest BCUT2D eigenvalue weighted by Crippen LogP contribution is -2.15. The number of nitrogens with one attached hydrogen (secondary N) is 1. The summed E-state index contributed by atoms with van der Waals surface area (Å²) < 4.78 is 5.30. The summed E-state index contributed by atoms with van der Waals surface area (Å²) >= 11 is 0. The number of aliphatic hydroxyl groups excluding tert-OH is 1. The zero-order chi connectivity index (χ0) is 12.4. The van der Waals surface area contributed by atoms with E-state index >= 15 is 0 Å². The van der Waals surface area contributed by atoms with Crippen LogP contribution in [0.15, 0.2) is 29.0 Å². The van der Waals surface area contributed by atoms with Crippen molar-refractivity contribution in [3.05, 3.63) is 30.4 Å². The van der Waals surface area contributed by atoms with E-state index in [2.05, 4.69) is 20.4 Å². The molecule has 0 radical (unpaired) electrons. The number of hydrogen-bond donors (Lipinski definition) is 2. The van der Waals surface area contributed by atoms with Gasteiger partial charge in [-0.2, -0.15) is 4.98 Å². The fourth-order valence-electron chi connectivity index (χ4n) is 2.21. The Balaban J connectivity index is 1.86. The summed E-state index contributed by atoms with van der Waals surface area (Å²) in [6, 6.07) is 3.72. The molecule has 0 aromatic carbocycles. The minimum Gasteiger partial charge on any atom is -0.396 e. The Morgan fingerprint density at radius 1 is 1.44 bits per heavy atom. The first kappa shape index (κ1) is 11.3. The minimum absolute atomic E-state index is 0.0907. The van der Waals surface area contributed by atoms with Crippen LogP contribution in [-0.2, 0) is 0 Å². The molecule has 94 valence electrons. The predicted octanol–water partition coefficient (Wildman–Crippen LogP) is 0.427. The van der Waals surface area contributed by atoms with Gasteiger partial charge in [0.1, 0.15) is 0 Å². The van der Waals surface area contributed by atoms with Gasteiger partial charge in [-0.1, -0.05) is 5.16 Å². The van der Waals surface area contributed by atoms with Gasteiger partial charge in [-0.25, -0.2) is 0 Å². The van der Waals surface area contributed by atoms with E-state index in [4.69, 9.17) is 4.52 Å². The second-order valence-corrected chi connectivity index (χ2v) is 4.41. The van der Waals surface area contributed by atoms with E-state index in [1.807, 2.05) is 12.1 Å². The maximum Gasteiger partial charge on any atom is 0.231 e. The highest BCUT2D eigenvalue weighted by Gasteiger charge is 2.32. The molecule has 3 heterocycles. The van der Waals surface area contributed by atoms with Crippen molar-refractivity contribution in [2.45, 2.75) is 5.92 Å². The van der Waals surface area contributed by atoms with E-state index < -0.39 is 0 Å². The zero-order valence-electron chi connectivity index (χ0n) is 9.78. The Hall–Kier alpha value is -1.79. The molecule has 1 aliphatic heterocycles. The van der Waals surface area contributed by atoms with Crippen molar-refractivity contribution in [2.75, 3.05) is 19.7 Å². The van der Waals surface area contributed by atoms with Gasteiger partial charge in [0.05, 0.1) is 5.92 Å². The SMILES string of the molecule is OC[C@H]1CNC[C@@H]1c1nc(-c2cccnc2)no1. The topological polar surface area (TPSA) is 84.1 Å². The molecule has 6 nitrogen and oxygen atoms in total. The Kier molecular flexibility index (Phi) is 3.04. The molecule has 18 heavy (non-hydrogen) atoms. The van der Waals surface area contributed by atoms with Crippen molar-refractivity contribution in [1.82, 2.24) is 20.4 Å². The molecule has 0 bridgehead atoms. The third-order valence-electron chi connectivity index (χ3n) is 3.25. The number of aromatic nitrogens is 3. The number of nitrogens with zero attached hydrogens (tertiary/aromatic N) is 3. The second kappa shape index (κ2) is 4.83. The molecule has 1 saturated heterocycles. The Morgan fingerprint density at radius 3 is 3.17 bits per heavy atom. The molecule has 0 unspecified atom stereocenters. The minimum atomic E-state index is 0.0907. The fraction of sp³-hybridized carbons (Fsp3) is 0.417. The molecule has 1 fully saturated rings. The van der Waals surface area contributed by atoms with Crippen molar-refractivity contribution in [3.63, 3.8) is 0 Å². The van der Waals surface area contributed by atoms with Crippen LogP contribution >= 0.6 is 0 Å². The Labute approximate surface area is 104 Å². The van der Waals surface area contributed by atoms with Gasteiger partial charge in [-0.05, 0) is 12.1 Å². The highest BCUT2D eigenvalue weighted by atomic mass is 16.5. The summed E-state index contributed by atoms with van der Waals surface area (Å²) in [5.74, 6) is 1.36. The van der Waals surface area contributed by atoms with Crippen LogP contribution in [0.5, 0.6) is 0 Å². The standard InChI is InChI=1S/C12H14N4O2/c17-7-9-5-14-6-10(9)12-15-11(16-18-12)8-2-1-3-13-4-8/h1-4,9-10,14,17H,5-7H2/t9-,10+/m1/s1. The maximum atomic E-state index is 9.28. The third kappa shape index (κ3) is 2.00. The summed E-state index contributed by atoms with van der Waals surface area (Å²) in [6.07, 6.45) is 3.40. The number of aliphatic hydroxyl groups is 1. The number of rotatable bonds is 3. The van der Waals surface area contributed by atoms with E-state index in [9.17, 15) is 5.11 Å². The first-order valence-electron chi connectivity index (χ1n) is 5.94. The first-order chi connectivity index (χ1) is 8.88. The van der Waals surface area contributed by atoms with Crippen LogP contribution in [0.3, 0.4) is 0 Å². The van der Waals surface area contributed by atoms with Crippen molar-refractivity contribution in [3.8, 4) is 11.4 Å². The van der Waals surface area contributed by atoms with Crippen LogP contribution in [-0.4, -0.2) is 39.9 Å². The quantitative estimate of drug-likeness (QED) is 0.817. The van der Waals surface area contributed by atoms with Crippen LogP contribution in [0.4, 0.5) is 0 Å². The zero-order valence-corrected chi connectivity index (χ0v) is 9.78. The molecule has 0 amide bonds. The summed E-state index contributed by atoms with van der Waals surface area (Å²) in [4.78, 5) is 8.42. The summed E-state index contributed by atoms with van der Waals surface area (Å²) in [5.41, 5.74) is 0.832. The molecule has 2 aromatic heterocycles. The molecule has 3 rings (SSSR count). The molecule has 0 spiro atoms. The molecule has 6 heteroatoms. The molecule has 2 aromatic rings. The van der Waals surface area contributed by atoms with Crippen LogP contribution in [0.25, 0.3) is 11.4 Å². The van der Waals surface area contributed by atoms with Gasteiger partial charge in [0.2, 0.25) is 11.7 Å². The first-order valence-corrected chi connectivity index (χ1v) is 5.94. The lowest BCUT2D eigenvalue weighted by molar-refractivity contribution is 0.211. The number of hydrogen-bond acceptors (Lipinski definition) is 6. The monoisotopic (exact) mass is 246 g/mol.